The lowest BCUT2D eigenvalue weighted by Crippen LogP contribution is -2.33. The zero-order valence-corrected chi connectivity index (χ0v) is 26.4. The summed E-state index contributed by atoms with van der Waals surface area (Å²) in [5.41, 5.74) is 1.33. The van der Waals surface area contributed by atoms with Gasteiger partial charge in [-0.15, -0.1) is 0 Å². The summed E-state index contributed by atoms with van der Waals surface area (Å²) < 4.78 is 30.2. The van der Waals surface area contributed by atoms with Gasteiger partial charge in [-0.25, -0.2) is 0 Å². The van der Waals surface area contributed by atoms with Crippen molar-refractivity contribution >= 4 is 5.97 Å². The van der Waals surface area contributed by atoms with Gasteiger partial charge < -0.3 is 28.8 Å². The molecule has 2 heterocycles. The van der Waals surface area contributed by atoms with E-state index in [1.807, 2.05) is 6.92 Å². The lowest BCUT2D eigenvalue weighted by atomic mass is 9.85. The number of unbranched alkanes of at least 4 members (excludes halogenated alkanes) is 1. The molecule has 7 atom stereocenters. The molecule has 0 bridgehead atoms. The van der Waals surface area contributed by atoms with Crippen LogP contribution in [0.5, 0.6) is 0 Å². The maximum atomic E-state index is 11.8. The van der Waals surface area contributed by atoms with Crippen LogP contribution >= 0.6 is 0 Å². The molecule has 2 saturated heterocycles. The molecule has 7 heteroatoms. The molecule has 3 aliphatic rings. The van der Waals surface area contributed by atoms with Gasteiger partial charge in [-0.3, -0.25) is 4.79 Å². The van der Waals surface area contributed by atoms with Crippen molar-refractivity contribution in [2.75, 3.05) is 19.8 Å². The van der Waals surface area contributed by atoms with Crippen molar-refractivity contribution in [3.05, 3.63) is 48.0 Å². The Morgan fingerprint density at radius 2 is 1.77 bits per heavy atom. The number of aryl methyl sites for hydroxylation is 1. The van der Waals surface area contributed by atoms with Crippen molar-refractivity contribution in [2.24, 2.45) is 11.8 Å². The molecule has 3 fully saturated rings. The first-order valence-electron chi connectivity index (χ1n) is 17.2. The number of benzene rings is 1. The highest BCUT2D eigenvalue weighted by atomic mass is 16.7. The molecular formula is C36H56O7. The number of aliphatic hydroxyl groups excluding tert-OH is 1. The van der Waals surface area contributed by atoms with Crippen LogP contribution in [-0.2, 0) is 34.9 Å². The van der Waals surface area contributed by atoms with Gasteiger partial charge in [0.2, 0.25) is 0 Å². The normalized spacial score (nSPS) is 28.7. The predicted octanol–water partition coefficient (Wildman–Crippen LogP) is 7.29. The van der Waals surface area contributed by atoms with Gasteiger partial charge in [0.1, 0.15) is 0 Å². The van der Waals surface area contributed by atoms with Gasteiger partial charge in [-0.1, -0.05) is 49.4 Å². The Balaban J connectivity index is 1.36. The maximum absolute atomic E-state index is 11.8. The Morgan fingerprint density at radius 3 is 2.49 bits per heavy atom. The van der Waals surface area contributed by atoms with Crippen molar-refractivity contribution in [3.8, 4) is 0 Å². The Morgan fingerprint density at radius 1 is 1.00 bits per heavy atom. The Bertz CT molecular complexity index is 909. The average Bonchev–Trinajstić information content (AvgIpc) is 3.33. The fourth-order valence-electron chi connectivity index (χ4n) is 6.74. The molecule has 4 rings (SSSR count). The lowest BCUT2D eigenvalue weighted by molar-refractivity contribution is -0.200. The summed E-state index contributed by atoms with van der Waals surface area (Å²) in [7, 11) is 0. The molecule has 43 heavy (non-hydrogen) atoms. The fraction of sp³-hybridized carbons (Fsp3) is 0.750. The number of ether oxygens (including phenoxy) is 5. The third-order valence-corrected chi connectivity index (χ3v) is 9.16. The van der Waals surface area contributed by atoms with E-state index in [2.05, 4.69) is 42.5 Å². The molecule has 0 amide bonds. The second kappa shape index (κ2) is 19.6. The van der Waals surface area contributed by atoms with Gasteiger partial charge in [0.15, 0.2) is 12.6 Å². The van der Waals surface area contributed by atoms with Crippen LogP contribution in [0.2, 0.25) is 0 Å². The highest BCUT2D eigenvalue weighted by Crippen LogP contribution is 2.41. The first-order chi connectivity index (χ1) is 21.1. The highest BCUT2D eigenvalue weighted by Gasteiger charge is 2.43. The van der Waals surface area contributed by atoms with E-state index in [-0.39, 0.29) is 42.6 Å². The molecule has 2 aliphatic heterocycles. The molecule has 1 saturated carbocycles. The first-order valence-corrected chi connectivity index (χ1v) is 17.2. The van der Waals surface area contributed by atoms with Crippen LogP contribution in [0.1, 0.15) is 109 Å². The van der Waals surface area contributed by atoms with Crippen LogP contribution in [0.4, 0.5) is 0 Å². The molecule has 1 aromatic carbocycles. The minimum atomic E-state index is -0.405. The summed E-state index contributed by atoms with van der Waals surface area (Å²) >= 11 is 0. The molecular weight excluding hydrogens is 544 g/mol. The largest absolute Gasteiger partial charge is 0.466 e. The second-order valence-corrected chi connectivity index (χ2v) is 12.6. The molecule has 1 aliphatic carbocycles. The Hall–Kier alpha value is -1.77. The van der Waals surface area contributed by atoms with Gasteiger partial charge in [0.05, 0.1) is 24.9 Å². The molecule has 1 aromatic rings. The van der Waals surface area contributed by atoms with Gasteiger partial charge in [0.25, 0.3) is 0 Å². The number of rotatable bonds is 18. The van der Waals surface area contributed by atoms with Crippen molar-refractivity contribution in [1.29, 1.82) is 0 Å². The third kappa shape index (κ3) is 12.3. The minimum Gasteiger partial charge on any atom is -0.466 e. The number of carbonyl (C=O) groups excluding carboxylic acids is 1. The van der Waals surface area contributed by atoms with Crippen molar-refractivity contribution < 1.29 is 33.6 Å². The van der Waals surface area contributed by atoms with Crippen LogP contribution in [0, 0.1) is 11.8 Å². The zero-order chi connectivity index (χ0) is 30.1. The predicted molar refractivity (Wildman–Crippen MR) is 167 cm³/mol. The van der Waals surface area contributed by atoms with Gasteiger partial charge in [0, 0.05) is 26.1 Å². The number of allylic oxidation sites excluding steroid dienone is 2. The summed E-state index contributed by atoms with van der Waals surface area (Å²) in [4.78, 5) is 11.8. The average molecular weight is 601 g/mol. The topological polar surface area (TPSA) is 83.5 Å². The van der Waals surface area contributed by atoms with Crippen LogP contribution in [0.3, 0.4) is 0 Å². The molecule has 0 aromatic heterocycles. The highest BCUT2D eigenvalue weighted by molar-refractivity contribution is 5.69. The van der Waals surface area contributed by atoms with Crippen LogP contribution in [0.15, 0.2) is 42.5 Å². The Labute approximate surface area is 259 Å². The summed E-state index contributed by atoms with van der Waals surface area (Å²) in [5, 5.41) is 11.2. The fourth-order valence-corrected chi connectivity index (χ4v) is 6.74. The summed E-state index contributed by atoms with van der Waals surface area (Å²) in [6, 6.07) is 10.6. The zero-order valence-electron chi connectivity index (χ0n) is 26.4. The SMILES string of the molecule is CCCOC(=O)CCC/C=C\C[C@H]1[C@@H](O)CC(OC2CCCCO2)[C@@H]1CC[C@H](CCc1ccccc1)OC1CCCCO1. The van der Waals surface area contributed by atoms with Crippen LogP contribution in [0.25, 0.3) is 0 Å². The minimum absolute atomic E-state index is 0.0226. The van der Waals surface area contributed by atoms with E-state index in [0.29, 0.717) is 19.4 Å². The van der Waals surface area contributed by atoms with Crippen molar-refractivity contribution in [1.82, 2.24) is 0 Å². The second-order valence-electron chi connectivity index (χ2n) is 12.6. The monoisotopic (exact) mass is 600 g/mol. The molecule has 3 unspecified atom stereocenters. The summed E-state index contributed by atoms with van der Waals surface area (Å²) in [6.45, 7) is 4.02. The quantitative estimate of drug-likeness (QED) is 0.108. The lowest BCUT2D eigenvalue weighted by Gasteiger charge is -2.32. The number of hydrogen-bond acceptors (Lipinski definition) is 7. The molecule has 0 radical (unpaired) electrons. The summed E-state index contributed by atoms with van der Waals surface area (Å²) in [5.74, 6) is 0.235. The van der Waals surface area contributed by atoms with Crippen molar-refractivity contribution in [3.63, 3.8) is 0 Å². The van der Waals surface area contributed by atoms with E-state index < -0.39 is 6.10 Å². The Kier molecular flexibility index (Phi) is 15.5. The van der Waals surface area contributed by atoms with Gasteiger partial charge in [-0.2, -0.15) is 0 Å². The van der Waals surface area contributed by atoms with E-state index >= 15 is 0 Å². The van der Waals surface area contributed by atoms with Crippen LogP contribution < -0.4 is 0 Å². The standard InChI is InChI=1S/C36H56O7/c1-2-24-39-34(38)17-9-4-3-8-16-30-31(33(27-32(30)37)43-36-19-11-13-26-41-36)23-22-29(42-35-18-10-12-25-40-35)21-20-28-14-6-5-7-15-28/h3,5-8,14-15,29-33,35-37H,2,4,9-13,16-27H2,1H3/b8-3-/t29-,30+,31+,32-,33?,35?,36?/m0/s1. The molecule has 1 N–H and O–H groups in total. The molecule has 242 valence electrons. The number of esters is 1. The number of hydrogen-bond donors (Lipinski definition) is 1. The van der Waals surface area contributed by atoms with E-state index in [1.54, 1.807) is 0 Å². The number of carbonyl (C=O) groups is 1. The maximum Gasteiger partial charge on any atom is 0.305 e. The van der Waals surface area contributed by atoms with E-state index in [9.17, 15) is 9.90 Å². The first kappa shape index (κ1) is 34.1. The van der Waals surface area contributed by atoms with E-state index in [4.69, 9.17) is 23.7 Å². The summed E-state index contributed by atoms with van der Waals surface area (Å²) in [6.07, 6.45) is 18.2. The smallest absolute Gasteiger partial charge is 0.305 e. The van der Waals surface area contributed by atoms with Gasteiger partial charge >= 0.3 is 5.97 Å². The van der Waals surface area contributed by atoms with Crippen LogP contribution in [-0.4, -0.2) is 61.8 Å². The molecule has 0 spiro atoms. The van der Waals surface area contributed by atoms with Crippen molar-refractivity contribution in [2.45, 2.75) is 141 Å². The number of aliphatic hydroxyl groups is 1. The third-order valence-electron chi connectivity index (χ3n) is 9.16. The van der Waals surface area contributed by atoms with Gasteiger partial charge in [-0.05, 0) is 107 Å². The van der Waals surface area contributed by atoms with E-state index in [1.165, 1.54) is 5.56 Å². The molecule has 7 nitrogen and oxygen atoms in total. The van der Waals surface area contributed by atoms with E-state index in [0.717, 1.165) is 103 Å².